The topological polar surface area (TPSA) is 42.4 Å². The maximum absolute atomic E-state index is 11.4. The van der Waals surface area contributed by atoms with Crippen LogP contribution in [0.4, 0.5) is 5.82 Å². The molecule has 0 saturated carbocycles. The molecule has 0 radical (unpaired) electrons. The van der Waals surface area contributed by atoms with E-state index in [0.29, 0.717) is 5.56 Å². The quantitative estimate of drug-likeness (QED) is 0.804. The van der Waals surface area contributed by atoms with Crippen molar-refractivity contribution in [1.82, 2.24) is 4.98 Å². The Labute approximate surface area is 118 Å². The van der Waals surface area contributed by atoms with Crippen LogP contribution in [0.5, 0.6) is 0 Å². The minimum atomic E-state index is 0.160. The van der Waals surface area contributed by atoms with E-state index in [9.17, 15) is 4.79 Å². The van der Waals surface area contributed by atoms with Gasteiger partial charge in [0.15, 0.2) is 6.29 Å². The van der Waals surface area contributed by atoms with Crippen molar-refractivity contribution >= 4 is 23.0 Å². The van der Waals surface area contributed by atoms with Crippen LogP contribution in [0.3, 0.4) is 0 Å². The number of carbonyl (C=O) groups is 1. The average molecular weight is 270 g/mol. The molecule has 2 heterocycles. The highest BCUT2D eigenvalue weighted by atomic mass is 16.5. The first-order valence-electron chi connectivity index (χ1n) is 6.90. The number of aromatic nitrogens is 1. The van der Waals surface area contributed by atoms with Gasteiger partial charge in [0.05, 0.1) is 23.2 Å². The summed E-state index contributed by atoms with van der Waals surface area (Å²) in [6.45, 7) is 2.83. The Morgan fingerprint density at radius 2 is 2.20 bits per heavy atom. The van der Waals surface area contributed by atoms with Gasteiger partial charge in [-0.3, -0.25) is 4.79 Å². The van der Waals surface area contributed by atoms with Crippen LogP contribution >= 0.6 is 0 Å². The van der Waals surface area contributed by atoms with E-state index >= 15 is 0 Å². The molecule has 1 aromatic carbocycles. The first-order chi connectivity index (χ1) is 9.70. The monoisotopic (exact) mass is 270 g/mol. The largest absolute Gasteiger partial charge is 0.376 e. The lowest BCUT2D eigenvalue weighted by molar-refractivity contribution is 0.112. The van der Waals surface area contributed by atoms with Crippen LogP contribution in [-0.2, 0) is 4.74 Å². The lowest BCUT2D eigenvalue weighted by Gasteiger charge is -2.28. The molecular formula is C16H18N2O2. The summed E-state index contributed by atoms with van der Waals surface area (Å²) in [6, 6.07) is 10.0. The summed E-state index contributed by atoms with van der Waals surface area (Å²) in [5.41, 5.74) is 1.54. The van der Waals surface area contributed by atoms with Gasteiger partial charge in [-0.15, -0.1) is 0 Å². The molecule has 0 bridgehead atoms. The van der Waals surface area contributed by atoms with Gasteiger partial charge >= 0.3 is 0 Å². The third-order valence-corrected chi connectivity index (χ3v) is 4.03. The molecule has 2 unspecified atom stereocenters. The summed E-state index contributed by atoms with van der Waals surface area (Å²) in [6.07, 6.45) is 2.00. The first-order valence-corrected chi connectivity index (χ1v) is 6.90. The van der Waals surface area contributed by atoms with Gasteiger partial charge in [0.25, 0.3) is 0 Å². The van der Waals surface area contributed by atoms with Gasteiger partial charge in [-0.1, -0.05) is 18.2 Å². The fraction of sp³-hybridized carbons (Fsp3) is 0.375. The molecule has 1 fully saturated rings. The van der Waals surface area contributed by atoms with E-state index in [0.717, 1.165) is 36.0 Å². The van der Waals surface area contributed by atoms with Crippen LogP contribution in [-0.4, -0.2) is 37.1 Å². The fourth-order valence-corrected chi connectivity index (χ4v) is 2.88. The Kier molecular flexibility index (Phi) is 3.40. The Morgan fingerprint density at radius 3 is 2.90 bits per heavy atom. The second-order valence-electron chi connectivity index (χ2n) is 5.25. The Hall–Kier alpha value is -1.94. The number of hydrogen-bond donors (Lipinski definition) is 0. The molecule has 20 heavy (non-hydrogen) atoms. The van der Waals surface area contributed by atoms with E-state index in [4.69, 9.17) is 4.74 Å². The fourth-order valence-electron chi connectivity index (χ4n) is 2.88. The van der Waals surface area contributed by atoms with Crippen LogP contribution in [0, 0.1) is 0 Å². The summed E-state index contributed by atoms with van der Waals surface area (Å²) in [7, 11) is 1.99. The van der Waals surface area contributed by atoms with Crippen molar-refractivity contribution in [1.29, 1.82) is 0 Å². The summed E-state index contributed by atoms with van der Waals surface area (Å²) in [4.78, 5) is 18.1. The second-order valence-corrected chi connectivity index (χ2v) is 5.25. The van der Waals surface area contributed by atoms with Crippen molar-refractivity contribution in [3.05, 3.63) is 35.9 Å². The molecule has 1 aliphatic heterocycles. The van der Waals surface area contributed by atoms with E-state index in [1.807, 2.05) is 37.4 Å². The molecule has 0 aliphatic carbocycles. The predicted octanol–water partition coefficient (Wildman–Crippen LogP) is 2.66. The Morgan fingerprint density at radius 1 is 1.40 bits per heavy atom. The van der Waals surface area contributed by atoms with Crippen LogP contribution in [0.1, 0.15) is 23.7 Å². The SMILES string of the molecule is CC1OCCC1N(C)c1nc2ccccc2cc1C=O. The molecule has 1 aliphatic rings. The highest BCUT2D eigenvalue weighted by Gasteiger charge is 2.29. The molecule has 1 saturated heterocycles. The van der Waals surface area contributed by atoms with Gasteiger partial charge in [-0.25, -0.2) is 4.98 Å². The number of carbonyl (C=O) groups excluding carboxylic acids is 1. The van der Waals surface area contributed by atoms with Gasteiger partial charge in [-0.05, 0) is 25.5 Å². The van der Waals surface area contributed by atoms with E-state index < -0.39 is 0 Å². The molecule has 2 atom stereocenters. The minimum absolute atomic E-state index is 0.160. The summed E-state index contributed by atoms with van der Waals surface area (Å²) in [5.74, 6) is 0.737. The second kappa shape index (κ2) is 5.21. The van der Waals surface area contributed by atoms with Crippen molar-refractivity contribution in [2.75, 3.05) is 18.6 Å². The number of anilines is 1. The van der Waals surface area contributed by atoms with Gasteiger partial charge < -0.3 is 9.64 Å². The number of rotatable bonds is 3. The summed E-state index contributed by atoms with van der Waals surface area (Å²) in [5, 5.41) is 0.988. The number of ether oxygens (including phenoxy) is 1. The third-order valence-electron chi connectivity index (χ3n) is 4.03. The van der Waals surface area contributed by atoms with Crippen molar-refractivity contribution in [3.8, 4) is 0 Å². The lowest BCUT2D eigenvalue weighted by atomic mass is 10.1. The Balaban J connectivity index is 2.07. The van der Waals surface area contributed by atoms with Crippen molar-refractivity contribution in [2.45, 2.75) is 25.5 Å². The van der Waals surface area contributed by atoms with Crippen molar-refractivity contribution < 1.29 is 9.53 Å². The van der Waals surface area contributed by atoms with Crippen LogP contribution in [0.15, 0.2) is 30.3 Å². The molecule has 4 nitrogen and oxygen atoms in total. The smallest absolute Gasteiger partial charge is 0.153 e. The maximum atomic E-state index is 11.4. The normalized spacial score (nSPS) is 22.1. The lowest BCUT2D eigenvalue weighted by Crippen LogP contribution is -2.37. The zero-order valence-electron chi connectivity index (χ0n) is 11.7. The summed E-state index contributed by atoms with van der Waals surface area (Å²) < 4.78 is 5.61. The standard InChI is InChI=1S/C16H18N2O2/c1-11-15(7-8-20-11)18(2)16-13(10-19)9-12-5-3-4-6-14(12)17-16/h3-6,9-11,15H,7-8H2,1-2H3. The molecule has 0 N–H and O–H groups in total. The molecule has 2 aromatic rings. The van der Waals surface area contributed by atoms with Gasteiger partial charge in [0, 0.05) is 19.0 Å². The average Bonchev–Trinajstić information content (AvgIpc) is 2.91. The van der Waals surface area contributed by atoms with Gasteiger partial charge in [0.2, 0.25) is 0 Å². The summed E-state index contributed by atoms with van der Waals surface area (Å²) >= 11 is 0. The molecular weight excluding hydrogens is 252 g/mol. The highest BCUT2D eigenvalue weighted by Crippen LogP contribution is 2.27. The number of aldehydes is 1. The van der Waals surface area contributed by atoms with Crippen molar-refractivity contribution in [2.24, 2.45) is 0 Å². The molecule has 4 heteroatoms. The molecule has 104 valence electrons. The minimum Gasteiger partial charge on any atom is -0.376 e. The molecule has 3 rings (SSSR count). The van der Waals surface area contributed by atoms with E-state index in [1.165, 1.54) is 0 Å². The van der Waals surface area contributed by atoms with Crippen molar-refractivity contribution in [3.63, 3.8) is 0 Å². The van der Waals surface area contributed by atoms with E-state index in [2.05, 4.69) is 16.8 Å². The van der Waals surface area contributed by atoms with Crippen LogP contribution in [0.2, 0.25) is 0 Å². The zero-order valence-corrected chi connectivity index (χ0v) is 11.7. The first kappa shape index (κ1) is 13.1. The van der Waals surface area contributed by atoms with E-state index in [-0.39, 0.29) is 12.1 Å². The molecule has 0 amide bonds. The number of fused-ring (bicyclic) bond motifs is 1. The van der Waals surface area contributed by atoms with Gasteiger partial charge in [-0.2, -0.15) is 0 Å². The zero-order chi connectivity index (χ0) is 14.1. The number of hydrogen-bond acceptors (Lipinski definition) is 4. The third kappa shape index (κ3) is 2.16. The number of para-hydroxylation sites is 1. The number of benzene rings is 1. The highest BCUT2D eigenvalue weighted by molar-refractivity contribution is 5.91. The number of pyridine rings is 1. The number of likely N-dealkylation sites (N-methyl/N-ethyl adjacent to an activating group) is 1. The molecule has 1 aromatic heterocycles. The maximum Gasteiger partial charge on any atom is 0.153 e. The molecule has 0 spiro atoms. The van der Waals surface area contributed by atoms with Crippen LogP contribution < -0.4 is 4.90 Å². The Bertz CT molecular complexity index is 641. The number of nitrogens with zero attached hydrogens (tertiary/aromatic N) is 2. The van der Waals surface area contributed by atoms with E-state index in [1.54, 1.807) is 0 Å². The predicted molar refractivity (Wildman–Crippen MR) is 79.4 cm³/mol. The van der Waals surface area contributed by atoms with Crippen LogP contribution in [0.25, 0.3) is 10.9 Å². The van der Waals surface area contributed by atoms with Gasteiger partial charge in [0.1, 0.15) is 5.82 Å².